The van der Waals surface area contributed by atoms with Gasteiger partial charge in [0.15, 0.2) is 16.7 Å². The first-order valence-corrected chi connectivity index (χ1v) is 9.45. The van der Waals surface area contributed by atoms with E-state index in [0.29, 0.717) is 22.7 Å². The molecule has 1 amide bonds. The smallest absolute Gasteiger partial charge is 0.231 e. The van der Waals surface area contributed by atoms with Crippen molar-refractivity contribution in [2.75, 3.05) is 5.75 Å². The molecule has 0 aliphatic rings. The molecule has 3 rings (SSSR count). The van der Waals surface area contributed by atoms with Crippen molar-refractivity contribution in [2.24, 2.45) is 5.92 Å². The van der Waals surface area contributed by atoms with Gasteiger partial charge >= 0.3 is 0 Å². The fraction of sp³-hybridized carbons (Fsp3) is 0.389. The van der Waals surface area contributed by atoms with E-state index in [4.69, 9.17) is 8.83 Å². The Morgan fingerprint density at radius 2 is 1.96 bits per heavy atom. The molecule has 0 saturated heterocycles. The number of nitrogens with zero attached hydrogens (tertiary/aromatic N) is 3. The molecule has 7 nitrogen and oxygen atoms in total. The fourth-order valence-electron chi connectivity index (χ4n) is 2.54. The van der Waals surface area contributed by atoms with Crippen LogP contribution in [0, 0.1) is 5.92 Å². The van der Waals surface area contributed by atoms with Crippen LogP contribution in [0.5, 0.6) is 0 Å². The minimum atomic E-state index is -0.176. The second-order valence-corrected chi connectivity index (χ2v) is 7.32. The van der Waals surface area contributed by atoms with Crippen molar-refractivity contribution >= 4 is 17.7 Å². The largest absolute Gasteiger partial charge is 0.467 e. The minimum Gasteiger partial charge on any atom is -0.467 e. The zero-order valence-corrected chi connectivity index (χ0v) is 15.8. The van der Waals surface area contributed by atoms with Crippen molar-refractivity contribution in [1.82, 2.24) is 20.1 Å². The van der Waals surface area contributed by atoms with Crippen LogP contribution < -0.4 is 5.32 Å². The standard InChI is InChI=1S/C18H22N4O3S/c1-12(2)10-22-17(15-7-5-9-25-15)20-21-18(22)26-11-16(23)19-13(3)14-6-4-8-24-14/h4-9,12-13H,10-11H2,1-3H3,(H,19,23). The molecular formula is C18H22N4O3S. The third-order valence-electron chi connectivity index (χ3n) is 3.69. The lowest BCUT2D eigenvalue weighted by atomic mass is 10.2. The molecule has 3 aromatic rings. The van der Waals surface area contributed by atoms with Gasteiger partial charge < -0.3 is 14.2 Å². The number of aromatic nitrogens is 3. The summed E-state index contributed by atoms with van der Waals surface area (Å²) in [5.74, 6) is 2.65. The van der Waals surface area contributed by atoms with Gasteiger partial charge in [-0.2, -0.15) is 0 Å². The van der Waals surface area contributed by atoms with Gasteiger partial charge in [0.25, 0.3) is 0 Å². The number of furan rings is 2. The quantitative estimate of drug-likeness (QED) is 0.604. The minimum absolute atomic E-state index is 0.0856. The Morgan fingerprint density at radius 1 is 1.19 bits per heavy atom. The molecule has 0 fully saturated rings. The maximum atomic E-state index is 12.2. The first-order valence-electron chi connectivity index (χ1n) is 8.47. The molecule has 1 N–H and O–H groups in total. The van der Waals surface area contributed by atoms with E-state index in [9.17, 15) is 4.79 Å². The summed E-state index contributed by atoms with van der Waals surface area (Å²) in [6.45, 7) is 6.88. The summed E-state index contributed by atoms with van der Waals surface area (Å²) in [6, 6.07) is 7.14. The van der Waals surface area contributed by atoms with Gasteiger partial charge in [-0.25, -0.2) is 0 Å². The van der Waals surface area contributed by atoms with Crippen LogP contribution in [0.4, 0.5) is 0 Å². The molecular weight excluding hydrogens is 352 g/mol. The van der Waals surface area contributed by atoms with Crippen molar-refractivity contribution < 1.29 is 13.6 Å². The van der Waals surface area contributed by atoms with Gasteiger partial charge in [-0.1, -0.05) is 25.6 Å². The first kappa shape index (κ1) is 18.3. The maximum Gasteiger partial charge on any atom is 0.231 e. The molecule has 138 valence electrons. The maximum absolute atomic E-state index is 12.2. The van der Waals surface area contributed by atoms with Crippen molar-refractivity contribution in [3.63, 3.8) is 0 Å². The van der Waals surface area contributed by atoms with E-state index in [0.717, 1.165) is 12.3 Å². The molecule has 0 aromatic carbocycles. The molecule has 0 aliphatic carbocycles. The Hall–Kier alpha value is -2.48. The molecule has 0 radical (unpaired) electrons. The molecule has 0 spiro atoms. The van der Waals surface area contributed by atoms with Crippen LogP contribution in [0.15, 0.2) is 50.8 Å². The highest BCUT2D eigenvalue weighted by Gasteiger charge is 2.19. The molecule has 0 saturated carbocycles. The molecule has 8 heteroatoms. The predicted octanol–water partition coefficient (Wildman–Crippen LogP) is 3.76. The Labute approximate surface area is 156 Å². The van der Waals surface area contributed by atoms with Gasteiger partial charge in [0, 0.05) is 6.54 Å². The van der Waals surface area contributed by atoms with Gasteiger partial charge in [-0.05, 0) is 37.1 Å². The highest BCUT2D eigenvalue weighted by Crippen LogP contribution is 2.25. The van der Waals surface area contributed by atoms with E-state index < -0.39 is 0 Å². The van der Waals surface area contributed by atoms with Crippen molar-refractivity contribution in [3.8, 4) is 11.6 Å². The topological polar surface area (TPSA) is 86.1 Å². The van der Waals surface area contributed by atoms with E-state index in [-0.39, 0.29) is 17.7 Å². The number of rotatable bonds is 8. The lowest BCUT2D eigenvalue weighted by Gasteiger charge is -2.13. The van der Waals surface area contributed by atoms with Crippen LogP contribution in [-0.4, -0.2) is 26.4 Å². The number of thioether (sulfide) groups is 1. The molecule has 0 bridgehead atoms. The molecule has 3 heterocycles. The van der Waals surface area contributed by atoms with Gasteiger partial charge in [0.2, 0.25) is 5.91 Å². The van der Waals surface area contributed by atoms with Crippen LogP contribution in [0.3, 0.4) is 0 Å². The first-order chi connectivity index (χ1) is 12.5. The van der Waals surface area contributed by atoms with Gasteiger partial charge in [-0.3, -0.25) is 9.36 Å². The second kappa shape index (κ2) is 8.27. The summed E-state index contributed by atoms with van der Waals surface area (Å²) >= 11 is 1.36. The summed E-state index contributed by atoms with van der Waals surface area (Å²) < 4.78 is 12.8. The van der Waals surface area contributed by atoms with E-state index in [1.807, 2.05) is 29.7 Å². The second-order valence-electron chi connectivity index (χ2n) is 6.38. The van der Waals surface area contributed by atoms with E-state index in [1.54, 1.807) is 18.6 Å². The molecule has 0 aliphatic heterocycles. The highest BCUT2D eigenvalue weighted by atomic mass is 32.2. The van der Waals surface area contributed by atoms with E-state index in [1.165, 1.54) is 11.8 Å². The van der Waals surface area contributed by atoms with Crippen LogP contribution >= 0.6 is 11.8 Å². The van der Waals surface area contributed by atoms with E-state index in [2.05, 4.69) is 29.4 Å². The van der Waals surface area contributed by atoms with E-state index >= 15 is 0 Å². The summed E-state index contributed by atoms with van der Waals surface area (Å²) in [4.78, 5) is 12.2. The zero-order chi connectivity index (χ0) is 18.5. The third kappa shape index (κ3) is 4.37. The van der Waals surface area contributed by atoms with Crippen molar-refractivity contribution in [2.45, 2.75) is 38.5 Å². The van der Waals surface area contributed by atoms with Crippen LogP contribution in [0.1, 0.15) is 32.6 Å². The van der Waals surface area contributed by atoms with Crippen molar-refractivity contribution in [3.05, 3.63) is 42.6 Å². The number of carbonyl (C=O) groups excluding carboxylic acids is 1. The summed E-state index contributed by atoms with van der Waals surface area (Å²) in [6.07, 6.45) is 3.21. The number of carbonyl (C=O) groups is 1. The average molecular weight is 374 g/mol. The van der Waals surface area contributed by atoms with Crippen LogP contribution in [0.25, 0.3) is 11.6 Å². The number of hydrogen-bond donors (Lipinski definition) is 1. The molecule has 3 aromatic heterocycles. The number of nitrogens with one attached hydrogen (secondary N) is 1. The average Bonchev–Trinajstić information content (AvgIpc) is 3.34. The lowest BCUT2D eigenvalue weighted by molar-refractivity contribution is -0.119. The van der Waals surface area contributed by atoms with Gasteiger partial charge in [0.1, 0.15) is 5.76 Å². The third-order valence-corrected chi connectivity index (χ3v) is 4.65. The summed E-state index contributed by atoms with van der Waals surface area (Å²) in [5.41, 5.74) is 0. The predicted molar refractivity (Wildman–Crippen MR) is 98.6 cm³/mol. The lowest BCUT2D eigenvalue weighted by Crippen LogP contribution is -2.28. The highest BCUT2D eigenvalue weighted by molar-refractivity contribution is 7.99. The monoisotopic (exact) mass is 374 g/mol. The van der Waals surface area contributed by atoms with Crippen molar-refractivity contribution in [1.29, 1.82) is 0 Å². The molecule has 1 unspecified atom stereocenters. The Bertz CT molecular complexity index is 825. The summed E-state index contributed by atoms with van der Waals surface area (Å²) in [7, 11) is 0. The molecule has 1 atom stereocenters. The van der Waals surface area contributed by atoms with Crippen LogP contribution in [-0.2, 0) is 11.3 Å². The normalized spacial score (nSPS) is 12.5. The zero-order valence-electron chi connectivity index (χ0n) is 15.0. The van der Waals surface area contributed by atoms with Gasteiger partial charge in [-0.15, -0.1) is 10.2 Å². The Morgan fingerprint density at radius 3 is 2.62 bits per heavy atom. The number of hydrogen-bond acceptors (Lipinski definition) is 6. The van der Waals surface area contributed by atoms with Crippen LogP contribution in [0.2, 0.25) is 0 Å². The SMILES string of the molecule is CC(C)Cn1c(SCC(=O)NC(C)c2ccco2)nnc1-c1ccco1. The molecule has 26 heavy (non-hydrogen) atoms. The Balaban J connectivity index is 1.66. The summed E-state index contributed by atoms with van der Waals surface area (Å²) in [5, 5.41) is 12.1. The fourth-order valence-corrected chi connectivity index (χ4v) is 3.29. The Kier molecular flexibility index (Phi) is 5.82. The number of amides is 1. The van der Waals surface area contributed by atoms with Gasteiger partial charge in [0.05, 0.1) is 24.3 Å².